The third-order valence-corrected chi connectivity index (χ3v) is 5.67. The summed E-state index contributed by atoms with van der Waals surface area (Å²) < 4.78 is 12.2. The number of carbonyl (C=O) groups is 1. The number of thiazole rings is 1. The standard InChI is InChI=1S/C24H25BrN2O3S/c1-16(2)11-12-30-21-9-7-17(13-22(21)29-3)8-10-23(28)27-24-26-20(15-31-24)18-5-4-6-19(25)14-18/h4-10,13-16H,11-12H2,1-3H3,(H,26,27,28)/b10-8+. The number of rotatable bonds is 9. The minimum atomic E-state index is -0.244. The van der Waals surface area contributed by atoms with Crippen LogP contribution < -0.4 is 14.8 Å². The number of hydrogen-bond acceptors (Lipinski definition) is 5. The number of nitrogens with zero attached hydrogens (tertiary/aromatic N) is 1. The second kappa shape index (κ2) is 11.1. The lowest BCUT2D eigenvalue weighted by Gasteiger charge is -2.12. The second-order valence-electron chi connectivity index (χ2n) is 7.31. The number of amides is 1. The molecule has 3 rings (SSSR count). The van der Waals surface area contributed by atoms with Gasteiger partial charge in [0.2, 0.25) is 5.91 Å². The molecule has 7 heteroatoms. The van der Waals surface area contributed by atoms with Gasteiger partial charge in [-0.15, -0.1) is 11.3 Å². The molecule has 0 spiro atoms. The smallest absolute Gasteiger partial charge is 0.250 e. The van der Waals surface area contributed by atoms with Crippen molar-refractivity contribution in [3.05, 3.63) is 64.0 Å². The minimum absolute atomic E-state index is 0.244. The van der Waals surface area contributed by atoms with Crippen LogP contribution in [0.4, 0.5) is 5.13 Å². The summed E-state index contributed by atoms with van der Waals surface area (Å²) in [6.07, 6.45) is 4.19. The summed E-state index contributed by atoms with van der Waals surface area (Å²) in [6, 6.07) is 13.5. The highest BCUT2D eigenvalue weighted by atomic mass is 79.9. The largest absolute Gasteiger partial charge is 0.493 e. The van der Waals surface area contributed by atoms with Crippen molar-refractivity contribution in [2.24, 2.45) is 5.92 Å². The maximum absolute atomic E-state index is 12.3. The number of aromatic nitrogens is 1. The molecule has 0 saturated carbocycles. The number of nitrogens with one attached hydrogen (secondary N) is 1. The molecular weight excluding hydrogens is 476 g/mol. The highest BCUT2D eigenvalue weighted by Gasteiger charge is 2.08. The maximum Gasteiger partial charge on any atom is 0.250 e. The van der Waals surface area contributed by atoms with Gasteiger partial charge in [0, 0.05) is 21.5 Å². The fraction of sp³-hybridized carbons (Fsp3) is 0.250. The van der Waals surface area contributed by atoms with Gasteiger partial charge in [0.25, 0.3) is 0 Å². The average molecular weight is 501 g/mol. The first-order valence-electron chi connectivity index (χ1n) is 9.96. The van der Waals surface area contributed by atoms with Crippen LogP contribution in [-0.2, 0) is 4.79 Å². The molecule has 1 heterocycles. The zero-order valence-corrected chi connectivity index (χ0v) is 20.1. The molecule has 3 aromatic rings. The topological polar surface area (TPSA) is 60.5 Å². The van der Waals surface area contributed by atoms with E-state index in [1.807, 2.05) is 47.8 Å². The van der Waals surface area contributed by atoms with E-state index in [0.717, 1.165) is 27.7 Å². The first-order chi connectivity index (χ1) is 14.9. The van der Waals surface area contributed by atoms with Gasteiger partial charge in [0.1, 0.15) is 0 Å². The van der Waals surface area contributed by atoms with Crippen LogP contribution in [0.1, 0.15) is 25.8 Å². The molecule has 0 unspecified atom stereocenters. The van der Waals surface area contributed by atoms with Crippen molar-refractivity contribution in [2.75, 3.05) is 19.0 Å². The molecule has 0 atom stereocenters. The summed E-state index contributed by atoms with van der Waals surface area (Å²) >= 11 is 4.85. The summed E-state index contributed by atoms with van der Waals surface area (Å²) in [5.41, 5.74) is 2.66. The van der Waals surface area contributed by atoms with Crippen molar-refractivity contribution >= 4 is 44.4 Å². The van der Waals surface area contributed by atoms with Crippen LogP contribution in [0, 0.1) is 5.92 Å². The van der Waals surface area contributed by atoms with E-state index < -0.39 is 0 Å². The van der Waals surface area contributed by atoms with Crippen molar-refractivity contribution in [2.45, 2.75) is 20.3 Å². The second-order valence-corrected chi connectivity index (χ2v) is 9.09. The third-order valence-electron chi connectivity index (χ3n) is 4.42. The predicted molar refractivity (Wildman–Crippen MR) is 131 cm³/mol. The Hall–Kier alpha value is -2.64. The maximum atomic E-state index is 12.3. The molecular formula is C24H25BrN2O3S. The van der Waals surface area contributed by atoms with Crippen LogP contribution in [0.2, 0.25) is 0 Å². The van der Waals surface area contributed by atoms with Gasteiger partial charge >= 0.3 is 0 Å². The Bertz CT molecular complexity index is 1060. The SMILES string of the molecule is COc1cc(/C=C/C(=O)Nc2nc(-c3cccc(Br)c3)cs2)ccc1OCCC(C)C. The highest BCUT2D eigenvalue weighted by Crippen LogP contribution is 2.29. The molecule has 0 radical (unpaired) electrons. The quantitative estimate of drug-likeness (QED) is 0.333. The van der Waals surface area contributed by atoms with Crippen molar-refractivity contribution < 1.29 is 14.3 Å². The monoisotopic (exact) mass is 500 g/mol. The molecule has 2 aromatic carbocycles. The van der Waals surface area contributed by atoms with E-state index in [9.17, 15) is 4.79 Å². The minimum Gasteiger partial charge on any atom is -0.493 e. The lowest BCUT2D eigenvalue weighted by atomic mass is 10.1. The lowest BCUT2D eigenvalue weighted by molar-refractivity contribution is -0.111. The van der Waals surface area contributed by atoms with E-state index in [4.69, 9.17) is 9.47 Å². The summed E-state index contributed by atoms with van der Waals surface area (Å²) in [4.78, 5) is 16.8. The van der Waals surface area contributed by atoms with Gasteiger partial charge in [0.05, 0.1) is 19.4 Å². The van der Waals surface area contributed by atoms with Gasteiger partial charge in [-0.3, -0.25) is 10.1 Å². The van der Waals surface area contributed by atoms with Crippen molar-refractivity contribution in [3.8, 4) is 22.8 Å². The van der Waals surface area contributed by atoms with E-state index in [0.29, 0.717) is 29.2 Å². The molecule has 31 heavy (non-hydrogen) atoms. The zero-order valence-electron chi connectivity index (χ0n) is 17.7. The number of ether oxygens (including phenoxy) is 2. The molecule has 0 aliphatic rings. The molecule has 1 aromatic heterocycles. The Labute approximate surface area is 195 Å². The van der Waals surface area contributed by atoms with Crippen LogP contribution in [0.25, 0.3) is 17.3 Å². The molecule has 0 bridgehead atoms. The number of benzene rings is 2. The van der Waals surface area contributed by atoms with E-state index in [-0.39, 0.29) is 5.91 Å². The fourth-order valence-corrected chi connectivity index (χ4v) is 3.86. The van der Waals surface area contributed by atoms with Gasteiger partial charge in [-0.05, 0) is 48.2 Å². The van der Waals surface area contributed by atoms with Gasteiger partial charge in [-0.1, -0.05) is 48.0 Å². The Morgan fingerprint density at radius 1 is 1.23 bits per heavy atom. The van der Waals surface area contributed by atoms with E-state index in [1.165, 1.54) is 17.4 Å². The highest BCUT2D eigenvalue weighted by molar-refractivity contribution is 9.10. The number of methoxy groups -OCH3 is 1. The lowest BCUT2D eigenvalue weighted by Crippen LogP contribution is -2.07. The Kier molecular flexibility index (Phi) is 8.26. The molecule has 0 saturated heterocycles. The van der Waals surface area contributed by atoms with Crippen LogP contribution >= 0.6 is 27.3 Å². The Morgan fingerprint density at radius 3 is 2.81 bits per heavy atom. The number of anilines is 1. The number of carbonyl (C=O) groups excluding carboxylic acids is 1. The first kappa shape index (κ1) is 23.0. The van der Waals surface area contributed by atoms with Gasteiger partial charge < -0.3 is 9.47 Å². The van der Waals surface area contributed by atoms with Crippen LogP contribution in [-0.4, -0.2) is 24.6 Å². The predicted octanol–water partition coefficient (Wildman–Crippen LogP) is 6.66. The Balaban J connectivity index is 1.61. The van der Waals surface area contributed by atoms with Crippen LogP contribution in [0.15, 0.2) is 58.4 Å². The molecule has 0 aliphatic heterocycles. The van der Waals surface area contributed by atoms with Crippen molar-refractivity contribution in [1.29, 1.82) is 0 Å². The van der Waals surface area contributed by atoms with E-state index >= 15 is 0 Å². The zero-order chi connectivity index (χ0) is 22.2. The van der Waals surface area contributed by atoms with Gasteiger partial charge in [-0.2, -0.15) is 0 Å². The summed E-state index contributed by atoms with van der Waals surface area (Å²) in [5, 5.41) is 5.28. The summed E-state index contributed by atoms with van der Waals surface area (Å²) in [6.45, 7) is 4.96. The normalized spacial score (nSPS) is 11.1. The van der Waals surface area contributed by atoms with E-state index in [2.05, 4.69) is 40.1 Å². The van der Waals surface area contributed by atoms with Gasteiger partial charge in [0.15, 0.2) is 16.6 Å². The van der Waals surface area contributed by atoms with Crippen molar-refractivity contribution in [3.63, 3.8) is 0 Å². The summed E-state index contributed by atoms with van der Waals surface area (Å²) in [5.74, 6) is 1.68. The average Bonchev–Trinajstić information content (AvgIpc) is 3.21. The molecule has 162 valence electrons. The van der Waals surface area contributed by atoms with Crippen molar-refractivity contribution in [1.82, 2.24) is 4.98 Å². The first-order valence-corrected chi connectivity index (χ1v) is 11.6. The fourth-order valence-electron chi connectivity index (χ4n) is 2.74. The van der Waals surface area contributed by atoms with Crippen LogP contribution in [0.3, 0.4) is 0 Å². The molecule has 0 aliphatic carbocycles. The summed E-state index contributed by atoms with van der Waals surface area (Å²) in [7, 11) is 1.61. The Morgan fingerprint density at radius 2 is 2.06 bits per heavy atom. The van der Waals surface area contributed by atoms with Crippen LogP contribution in [0.5, 0.6) is 11.5 Å². The third kappa shape index (κ3) is 6.94. The van der Waals surface area contributed by atoms with E-state index in [1.54, 1.807) is 13.2 Å². The molecule has 0 fully saturated rings. The molecule has 1 amide bonds. The molecule has 5 nitrogen and oxygen atoms in total. The van der Waals surface area contributed by atoms with Gasteiger partial charge in [-0.25, -0.2) is 4.98 Å². The number of hydrogen-bond donors (Lipinski definition) is 1. The number of halogens is 1. The molecule has 1 N–H and O–H groups in total.